The van der Waals surface area contributed by atoms with E-state index in [1.807, 2.05) is 6.92 Å². The maximum Gasteiger partial charge on any atom is 0.422 e. The highest BCUT2D eigenvalue weighted by Crippen LogP contribution is 2.26. The van der Waals surface area contributed by atoms with Crippen LogP contribution in [0.25, 0.3) is 0 Å². The second-order valence-corrected chi connectivity index (χ2v) is 5.84. The average Bonchev–Trinajstić information content (AvgIpc) is 2.24. The summed E-state index contributed by atoms with van der Waals surface area (Å²) in [5, 5.41) is 0. The van der Waals surface area contributed by atoms with E-state index >= 15 is 0 Å². The number of carbonyl (C=O) groups excluding carboxylic acids is 2. The molecule has 0 saturated heterocycles. The molecule has 0 aromatic heterocycles. The molecule has 4 nitrogen and oxygen atoms in total. The number of esters is 2. The average molecular weight is 298 g/mol. The van der Waals surface area contributed by atoms with E-state index in [0.717, 1.165) is 0 Å². The van der Waals surface area contributed by atoms with Crippen LogP contribution in [0.1, 0.15) is 47.5 Å². The van der Waals surface area contributed by atoms with Crippen molar-refractivity contribution in [2.45, 2.75) is 59.2 Å². The highest BCUT2D eigenvalue weighted by atomic mass is 19.4. The van der Waals surface area contributed by atoms with Crippen LogP contribution < -0.4 is 0 Å². The van der Waals surface area contributed by atoms with Crippen molar-refractivity contribution in [1.29, 1.82) is 0 Å². The fraction of sp³-hybridized carbons (Fsp3) is 0.846. The molecule has 0 aliphatic heterocycles. The third-order valence-electron chi connectivity index (χ3n) is 2.77. The van der Waals surface area contributed by atoms with Gasteiger partial charge in [-0.1, -0.05) is 6.92 Å². The molecule has 0 unspecified atom stereocenters. The first-order valence-electron chi connectivity index (χ1n) is 6.25. The van der Waals surface area contributed by atoms with Crippen molar-refractivity contribution >= 4 is 11.9 Å². The summed E-state index contributed by atoms with van der Waals surface area (Å²) in [5.74, 6) is -1.57. The molecular weight excluding hydrogens is 277 g/mol. The first-order valence-corrected chi connectivity index (χ1v) is 6.25. The minimum absolute atomic E-state index is 0.436. The summed E-state index contributed by atoms with van der Waals surface area (Å²) in [6.07, 6.45) is -4.46. The van der Waals surface area contributed by atoms with Crippen molar-refractivity contribution in [2.24, 2.45) is 5.41 Å². The molecule has 7 heteroatoms. The molecule has 0 bridgehead atoms. The Labute approximate surface area is 116 Å². The number of alkyl halides is 3. The Kier molecular flexibility index (Phi) is 6.04. The van der Waals surface area contributed by atoms with E-state index in [2.05, 4.69) is 4.74 Å². The van der Waals surface area contributed by atoms with Crippen LogP contribution >= 0.6 is 0 Å². The van der Waals surface area contributed by atoms with Crippen LogP contribution in [0.5, 0.6) is 0 Å². The predicted octanol–water partition coefficient (Wildman–Crippen LogP) is 3.24. The first-order chi connectivity index (χ1) is 8.79. The third kappa shape index (κ3) is 7.35. The Bertz CT molecular complexity index is 359. The first kappa shape index (κ1) is 18.7. The second-order valence-electron chi connectivity index (χ2n) is 5.84. The van der Waals surface area contributed by atoms with Gasteiger partial charge in [-0.05, 0) is 34.1 Å². The Morgan fingerprint density at radius 2 is 1.55 bits per heavy atom. The van der Waals surface area contributed by atoms with Gasteiger partial charge < -0.3 is 9.47 Å². The zero-order valence-corrected chi connectivity index (χ0v) is 12.4. The molecule has 0 amide bonds. The molecular formula is C13H21F3O4. The van der Waals surface area contributed by atoms with Gasteiger partial charge in [-0.15, -0.1) is 0 Å². The van der Waals surface area contributed by atoms with Gasteiger partial charge in [0, 0.05) is 0 Å². The van der Waals surface area contributed by atoms with Crippen molar-refractivity contribution in [3.8, 4) is 0 Å². The molecule has 0 aromatic rings. The summed E-state index contributed by atoms with van der Waals surface area (Å²) < 4.78 is 45.0. The van der Waals surface area contributed by atoms with Gasteiger partial charge in [0.05, 0.1) is 11.8 Å². The fourth-order valence-corrected chi connectivity index (χ4v) is 1.13. The summed E-state index contributed by atoms with van der Waals surface area (Å²) in [7, 11) is 0. The number of ether oxygens (including phenoxy) is 2. The maximum absolute atomic E-state index is 11.9. The summed E-state index contributed by atoms with van der Waals surface area (Å²) in [4.78, 5) is 23.1. The number of carbonyl (C=O) groups is 2. The van der Waals surface area contributed by atoms with Crippen LogP contribution in [-0.4, -0.2) is 30.3 Å². The monoisotopic (exact) mass is 298 g/mol. The van der Waals surface area contributed by atoms with E-state index in [9.17, 15) is 22.8 Å². The minimum atomic E-state index is -4.57. The third-order valence-corrected chi connectivity index (χ3v) is 2.77. The van der Waals surface area contributed by atoms with Crippen LogP contribution in [0.15, 0.2) is 0 Å². The highest BCUT2D eigenvalue weighted by molar-refractivity contribution is 5.77. The molecule has 118 valence electrons. The standard InChI is InChI=1S/C13H21F3O4/c1-6-11(2,3)10(18)20-12(4,5)7-9(17)19-8-13(14,15)16/h6-8H2,1-5H3. The molecule has 0 aliphatic rings. The van der Waals surface area contributed by atoms with Crippen LogP contribution in [-0.2, 0) is 19.1 Å². The summed E-state index contributed by atoms with van der Waals surface area (Å²) in [6.45, 7) is 6.44. The molecule has 0 N–H and O–H groups in total. The van der Waals surface area contributed by atoms with E-state index in [4.69, 9.17) is 4.74 Å². The lowest BCUT2D eigenvalue weighted by Crippen LogP contribution is -2.37. The van der Waals surface area contributed by atoms with Gasteiger partial charge in [-0.25, -0.2) is 0 Å². The molecule has 0 radical (unpaired) electrons. The van der Waals surface area contributed by atoms with Crippen molar-refractivity contribution < 1.29 is 32.2 Å². The number of halogens is 3. The summed E-state index contributed by atoms with van der Waals surface area (Å²) >= 11 is 0. The lowest BCUT2D eigenvalue weighted by atomic mass is 9.90. The van der Waals surface area contributed by atoms with Crippen LogP contribution in [0.3, 0.4) is 0 Å². The highest BCUT2D eigenvalue weighted by Gasteiger charge is 2.35. The number of rotatable bonds is 6. The van der Waals surface area contributed by atoms with E-state index in [0.29, 0.717) is 6.42 Å². The second kappa shape index (κ2) is 6.45. The molecule has 0 saturated carbocycles. The van der Waals surface area contributed by atoms with Crippen molar-refractivity contribution in [2.75, 3.05) is 6.61 Å². The number of hydrogen-bond acceptors (Lipinski definition) is 4. The molecule has 20 heavy (non-hydrogen) atoms. The van der Waals surface area contributed by atoms with E-state index < -0.39 is 42.2 Å². The van der Waals surface area contributed by atoms with Crippen LogP contribution in [0, 0.1) is 5.41 Å². The molecule has 0 rings (SSSR count). The minimum Gasteiger partial charge on any atom is -0.459 e. The van der Waals surface area contributed by atoms with Gasteiger partial charge in [0.25, 0.3) is 0 Å². The molecule has 0 heterocycles. The van der Waals surface area contributed by atoms with Crippen molar-refractivity contribution in [3.05, 3.63) is 0 Å². The van der Waals surface area contributed by atoms with Crippen molar-refractivity contribution in [3.63, 3.8) is 0 Å². The molecule has 0 fully saturated rings. The lowest BCUT2D eigenvalue weighted by Gasteiger charge is -2.29. The van der Waals surface area contributed by atoms with E-state index in [1.54, 1.807) is 13.8 Å². The predicted molar refractivity (Wildman–Crippen MR) is 65.9 cm³/mol. The van der Waals surface area contributed by atoms with E-state index in [-0.39, 0.29) is 0 Å². The largest absolute Gasteiger partial charge is 0.459 e. The van der Waals surface area contributed by atoms with E-state index in [1.165, 1.54) is 13.8 Å². The zero-order chi connectivity index (χ0) is 16.2. The fourth-order valence-electron chi connectivity index (χ4n) is 1.13. The van der Waals surface area contributed by atoms with Gasteiger partial charge in [-0.2, -0.15) is 13.2 Å². The van der Waals surface area contributed by atoms with Gasteiger partial charge in [0.1, 0.15) is 5.60 Å². The molecule has 0 atom stereocenters. The molecule has 0 aliphatic carbocycles. The molecule has 0 spiro atoms. The van der Waals surface area contributed by atoms with Crippen LogP contribution in [0.2, 0.25) is 0 Å². The normalized spacial score (nSPS) is 13.0. The topological polar surface area (TPSA) is 52.6 Å². The van der Waals surface area contributed by atoms with Gasteiger partial charge in [-0.3, -0.25) is 9.59 Å². The zero-order valence-electron chi connectivity index (χ0n) is 12.4. The smallest absolute Gasteiger partial charge is 0.422 e. The lowest BCUT2D eigenvalue weighted by molar-refractivity contribution is -0.191. The Morgan fingerprint density at radius 1 is 1.05 bits per heavy atom. The van der Waals surface area contributed by atoms with Gasteiger partial charge in [0.15, 0.2) is 6.61 Å². The Hall–Kier alpha value is -1.27. The van der Waals surface area contributed by atoms with Gasteiger partial charge in [0.2, 0.25) is 0 Å². The summed E-state index contributed by atoms with van der Waals surface area (Å²) in [5.41, 5.74) is -1.93. The van der Waals surface area contributed by atoms with Crippen LogP contribution in [0.4, 0.5) is 13.2 Å². The molecule has 0 aromatic carbocycles. The number of hydrogen-bond donors (Lipinski definition) is 0. The SMILES string of the molecule is CCC(C)(C)C(=O)OC(C)(C)CC(=O)OCC(F)(F)F. The van der Waals surface area contributed by atoms with Gasteiger partial charge >= 0.3 is 18.1 Å². The summed E-state index contributed by atoms with van der Waals surface area (Å²) in [6, 6.07) is 0. The Morgan fingerprint density at radius 3 is 1.95 bits per heavy atom. The quantitative estimate of drug-likeness (QED) is 0.706. The van der Waals surface area contributed by atoms with Crippen molar-refractivity contribution in [1.82, 2.24) is 0 Å². The Balaban J connectivity index is 4.45. The maximum atomic E-state index is 11.9.